The summed E-state index contributed by atoms with van der Waals surface area (Å²) >= 11 is 0. The number of ketones is 1. The molecular weight excluding hydrogens is 898 g/mol. The van der Waals surface area contributed by atoms with Crippen LogP contribution in [-0.2, 0) is 52.2 Å². The number of hydrogen-bond acceptors (Lipinski definition) is 26. The largest absolute Gasteiger partial charge is 0.394 e. The first-order valence-electron chi connectivity index (χ1n) is 21.5. The van der Waals surface area contributed by atoms with E-state index in [2.05, 4.69) is 5.32 Å². The van der Waals surface area contributed by atoms with Gasteiger partial charge in [0.15, 0.2) is 25.2 Å². The first-order valence-corrected chi connectivity index (χ1v) is 21.5. The molecule has 0 radical (unpaired) electrons. The molecule has 16 N–H and O–H groups in total. The average molecular weight is 968 g/mol. The summed E-state index contributed by atoms with van der Waals surface area (Å²) in [6.45, 7) is 4.04. The molecule has 26 atom stereocenters. The SMILES string of the molecule is CC(=O)NC1[C@H](O[C@@H]2C(O)[C@@H](O[C@H]3C(CO)O[C@@H](O[C@@H]4C(CO)OC(C)C(O)[C@H]4O)C(O)[C@H]3O)OC(CO)[C@@H]2O)OC(CO)[C@H](O)[C@@H]1O.CC(=O)[C@@H](C)CO[C@H]1OC(CO)[C@H](O)[C@H](O)C1C. The van der Waals surface area contributed by atoms with Crippen LogP contribution in [0.2, 0.25) is 0 Å². The quantitative estimate of drug-likeness (QED) is 0.0683. The predicted octanol–water partition coefficient (Wildman–Crippen LogP) is -9.23. The minimum Gasteiger partial charge on any atom is -0.394 e. The van der Waals surface area contributed by atoms with E-state index in [0.29, 0.717) is 0 Å². The zero-order valence-corrected chi connectivity index (χ0v) is 37.0. The Kier molecular flexibility index (Phi) is 21.8. The topological polar surface area (TPSA) is 433 Å². The van der Waals surface area contributed by atoms with Gasteiger partial charge in [0.1, 0.15) is 116 Å². The Labute approximate surface area is 378 Å². The van der Waals surface area contributed by atoms with Gasteiger partial charge in [-0.2, -0.15) is 0 Å². The first kappa shape index (κ1) is 56.8. The molecule has 5 heterocycles. The summed E-state index contributed by atoms with van der Waals surface area (Å²) in [6.07, 6.45) is -34.7. The number of aliphatic hydroxyl groups is 15. The lowest BCUT2D eigenvalue weighted by Crippen LogP contribution is -2.68. The zero-order chi connectivity index (χ0) is 49.5. The highest BCUT2D eigenvalue weighted by atomic mass is 16.8. The summed E-state index contributed by atoms with van der Waals surface area (Å²) in [7, 11) is 0. The number of carbonyl (C=O) groups excluding carboxylic acids is 2. The van der Waals surface area contributed by atoms with E-state index in [1.165, 1.54) is 13.8 Å². The molecule has 0 bridgehead atoms. The molecule has 0 spiro atoms. The van der Waals surface area contributed by atoms with Gasteiger partial charge in [-0.25, -0.2) is 0 Å². The molecule has 5 saturated heterocycles. The van der Waals surface area contributed by atoms with Crippen molar-refractivity contribution in [1.29, 1.82) is 0 Å². The van der Waals surface area contributed by atoms with Crippen molar-refractivity contribution in [3.05, 3.63) is 0 Å². The van der Waals surface area contributed by atoms with Crippen LogP contribution >= 0.6 is 0 Å². The van der Waals surface area contributed by atoms with Crippen LogP contribution in [0, 0.1) is 11.8 Å². The highest BCUT2D eigenvalue weighted by Crippen LogP contribution is 2.35. The maximum absolute atomic E-state index is 11.8. The number of nitrogens with one attached hydrogen (secondary N) is 1. The number of hydrogen-bond donors (Lipinski definition) is 16. The Balaban J connectivity index is 0.000000443. The highest BCUT2D eigenvalue weighted by Gasteiger charge is 2.55. The molecule has 386 valence electrons. The number of ether oxygens (including phenoxy) is 9. The molecule has 0 aromatic rings. The fourth-order valence-electron chi connectivity index (χ4n) is 7.92. The van der Waals surface area contributed by atoms with Crippen LogP contribution in [0.3, 0.4) is 0 Å². The van der Waals surface area contributed by atoms with Gasteiger partial charge in [-0.3, -0.25) is 9.59 Å². The lowest BCUT2D eigenvalue weighted by Gasteiger charge is -2.49. The first-order chi connectivity index (χ1) is 31.1. The Morgan fingerprint density at radius 3 is 1.42 bits per heavy atom. The molecule has 5 rings (SSSR count). The highest BCUT2D eigenvalue weighted by molar-refractivity contribution is 5.77. The van der Waals surface area contributed by atoms with Gasteiger partial charge in [0, 0.05) is 18.8 Å². The average Bonchev–Trinajstić information content (AvgIpc) is 3.29. The van der Waals surface area contributed by atoms with Gasteiger partial charge in [0.25, 0.3) is 0 Å². The fraction of sp³-hybridized carbons (Fsp3) is 0.949. The van der Waals surface area contributed by atoms with E-state index in [0.717, 1.165) is 6.92 Å². The molecule has 0 aromatic heterocycles. The molecule has 27 nitrogen and oxygen atoms in total. The number of rotatable bonds is 16. The number of Topliss-reactive ketones (excluding diaryl/α,β-unsaturated/α-hetero) is 1. The van der Waals surface area contributed by atoms with Crippen molar-refractivity contribution in [2.75, 3.05) is 39.6 Å². The summed E-state index contributed by atoms with van der Waals surface area (Å²) < 4.78 is 49.9. The number of amides is 1. The molecule has 0 aromatic carbocycles. The van der Waals surface area contributed by atoms with E-state index in [-0.39, 0.29) is 18.3 Å². The molecule has 27 heteroatoms. The lowest BCUT2D eigenvalue weighted by molar-refractivity contribution is -0.382. The molecule has 11 unspecified atom stereocenters. The van der Waals surface area contributed by atoms with Gasteiger partial charge in [0.2, 0.25) is 5.91 Å². The Hall–Kier alpha value is -1.82. The molecule has 5 aliphatic heterocycles. The predicted molar refractivity (Wildman–Crippen MR) is 212 cm³/mol. The van der Waals surface area contributed by atoms with Crippen LogP contribution in [0.4, 0.5) is 0 Å². The molecule has 0 saturated carbocycles. The van der Waals surface area contributed by atoms with Gasteiger partial charge < -0.3 is 125 Å². The van der Waals surface area contributed by atoms with Gasteiger partial charge in [-0.05, 0) is 13.8 Å². The molecule has 5 aliphatic rings. The molecule has 66 heavy (non-hydrogen) atoms. The summed E-state index contributed by atoms with van der Waals surface area (Å²) in [6, 6.07) is -1.48. The van der Waals surface area contributed by atoms with Crippen molar-refractivity contribution < 1.29 is 129 Å². The molecule has 5 fully saturated rings. The Bertz CT molecular complexity index is 1480. The summed E-state index contributed by atoms with van der Waals surface area (Å²) in [5, 5.41) is 156. The van der Waals surface area contributed by atoms with Crippen molar-refractivity contribution in [2.45, 2.75) is 182 Å². The zero-order valence-electron chi connectivity index (χ0n) is 37.0. The molecule has 1 amide bonds. The number of carbonyl (C=O) groups is 2. The van der Waals surface area contributed by atoms with Gasteiger partial charge >= 0.3 is 0 Å². The van der Waals surface area contributed by atoms with Gasteiger partial charge in [0.05, 0.1) is 51.8 Å². The third-order valence-corrected chi connectivity index (χ3v) is 12.3. The second kappa shape index (κ2) is 25.3. The minimum atomic E-state index is -2.00. The maximum atomic E-state index is 11.8. The van der Waals surface area contributed by atoms with Crippen molar-refractivity contribution in [3.8, 4) is 0 Å². The second-order valence-corrected chi connectivity index (χ2v) is 17.1. The standard InChI is InChI=1S/C27H47NO20.C12H22O6/c1-7-14(34)18(38)22(11(5-31)42-7)46-26-20(40)19(39)23(12(6-32)45-26)47-27-21(41)24(16(36)10(4-30)44-27)48-25-13(28-8(2)33)17(37)15(35)9(3-29)43-25;1-6(8(3)14)5-17-12-7(2)10(15)11(16)9(4-13)18-12/h7,9-27,29-32,34-41H,3-6H2,1-2H3,(H,28,33);6-7,9-13,15-16H,4-5H2,1-3H3/t7?,9?,10?,11?,12?,13?,14?,15-,16-,17+,18+,19+,20?,21?,22+,23-,24-,25-,26-,27+;6-,7?,9?,10+,11-,12-/m00/s1. The van der Waals surface area contributed by atoms with Crippen molar-refractivity contribution in [2.24, 2.45) is 11.8 Å². The monoisotopic (exact) mass is 967 g/mol. The van der Waals surface area contributed by atoms with E-state index < -0.39 is 192 Å². The van der Waals surface area contributed by atoms with Crippen LogP contribution in [0.5, 0.6) is 0 Å². The maximum Gasteiger partial charge on any atom is 0.217 e. The summed E-state index contributed by atoms with van der Waals surface area (Å²) in [5.41, 5.74) is 0. The van der Waals surface area contributed by atoms with Crippen LogP contribution in [0.1, 0.15) is 34.6 Å². The van der Waals surface area contributed by atoms with Gasteiger partial charge in [-0.15, -0.1) is 0 Å². The molecular formula is C39H69NO26. The smallest absolute Gasteiger partial charge is 0.217 e. The summed E-state index contributed by atoms with van der Waals surface area (Å²) in [5.74, 6) is -1.35. The van der Waals surface area contributed by atoms with E-state index in [1.807, 2.05) is 0 Å². The van der Waals surface area contributed by atoms with Crippen LogP contribution in [-0.4, -0.2) is 275 Å². The van der Waals surface area contributed by atoms with E-state index in [1.54, 1.807) is 13.8 Å². The van der Waals surface area contributed by atoms with E-state index in [9.17, 15) is 81.1 Å². The second-order valence-electron chi connectivity index (χ2n) is 17.1. The van der Waals surface area contributed by atoms with Crippen molar-refractivity contribution in [3.63, 3.8) is 0 Å². The molecule has 0 aliphatic carbocycles. The Morgan fingerprint density at radius 1 is 0.485 bits per heavy atom. The van der Waals surface area contributed by atoms with Crippen molar-refractivity contribution in [1.82, 2.24) is 5.32 Å². The normalized spacial score (nSPS) is 47.0. The van der Waals surface area contributed by atoms with Crippen molar-refractivity contribution >= 4 is 11.7 Å². The fourth-order valence-corrected chi connectivity index (χ4v) is 7.92. The number of aliphatic hydroxyl groups excluding tert-OH is 15. The third-order valence-electron chi connectivity index (χ3n) is 12.3. The van der Waals surface area contributed by atoms with Crippen LogP contribution in [0.15, 0.2) is 0 Å². The van der Waals surface area contributed by atoms with E-state index in [4.69, 9.17) is 47.7 Å². The minimum absolute atomic E-state index is 0.0118. The van der Waals surface area contributed by atoms with Crippen LogP contribution < -0.4 is 5.32 Å². The lowest BCUT2D eigenvalue weighted by atomic mass is 9.92. The summed E-state index contributed by atoms with van der Waals surface area (Å²) in [4.78, 5) is 22.9. The van der Waals surface area contributed by atoms with Crippen LogP contribution in [0.25, 0.3) is 0 Å². The van der Waals surface area contributed by atoms with E-state index >= 15 is 0 Å². The van der Waals surface area contributed by atoms with Gasteiger partial charge in [-0.1, -0.05) is 13.8 Å². The Morgan fingerprint density at radius 2 is 0.909 bits per heavy atom. The third kappa shape index (κ3) is 13.1.